The third-order valence-corrected chi connectivity index (χ3v) is 6.83. The lowest BCUT2D eigenvalue weighted by Crippen LogP contribution is -2.23. The first-order valence-corrected chi connectivity index (χ1v) is 11.6. The molecule has 0 aliphatic carbocycles. The van der Waals surface area contributed by atoms with Crippen LogP contribution in [0.4, 0.5) is 4.39 Å². The zero-order valence-corrected chi connectivity index (χ0v) is 17.8. The molecule has 0 atom stereocenters. The Bertz CT molecular complexity index is 1340. The highest BCUT2D eigenvalue weighted by Crippen LogP contribution is 2.21. The molecule has 0 unspecified atom stereocenters. The Kier molecular flexibility index (Phi) is 6.08. The molecule has 6 nitrogen and oxygen atoms in total. The van der Waals surface area contributed by atoms with Gasteiger partial charge in [0.15, 0.2) is 0 Å². The highest BCUT2D eigenvalue weighted by Gasteiger charge is 2.17. The monoisotopic (exact) mass is 456 g/mol. The Morgan fingerprint density at radius 2 is 1.97 bits per heavy atom. The summed E-state index contributed by atoms with van der Waals surface area (Å²) in [5.41, 5.74) is 1.05. The molecule has 1 N–H and O–H groups in total. The summed E-state index contributed by atoms with van der Waals surface area (Å²) < 4.78 is 46.9. The summed E-state index contributed by atoms with van der Waals surface area (Å²) in [5, 5.41) is 2.20. The molecular formula is C22H17FN2O4S2. The first-order chi connectivity index (χ1) is 14.9. The van der Waals surface area contributed by atoms with E-state index < -0.39 is 21.8 Å². The van der Waals surface area contributed by atoms with Crippen molar-refractivity contribution in [1.29, 1.82) is 0 Å². The summed E-state index contributed by atoms with van der Waals surface area (Å²) in [7, 11) is -3.80. The van der Waals surface area contributed by atoms with E-state index in [1.807, 2.05) is 17.5 Å². The number of hydrogen-bond donors (Lipinski definition) is 1. The zero-order valence-electron chi connectivity index (χ0n) is 16.1. The van der Waals surface area contributed by atoms with Gasteiger partial charge in [-0.15, -0.1) is 11.3 Å². The SMILES string of the molecule is O=C(OCc1ccc(F)c2cccnc12)c1cccc(S(=O)(=O)NCc2cccs2)c1. The topological polar surface area (TPSA) is 85.4 Å². The van der Waals surface area contributed by atoms with E-state index in [9.17, 15) is 17.6 Å². The summed E-state index contributed by atoms with van der Waals surface area (Å²) in [5.74, 6) is -1.10. The Balaban J connectivity index is 1.48. The van der Waals surface area contributed by atoms with Crippen molar-refractivity contribution < 1.29 is 22.3 Å². The van der Waals surface area contributed by atoms with Crippen LogP contribution in [0, 0.1) is 5.82 Å². The number of nitrogens with one attached hydrogen (secondary N) is 1. The third kappa shape index (κ3) is 4.79. The summed E-state index contributed by atoms with van der Waals surface area (Å²) in [6, 6.07) is 15.3. The number of ether oxygens (including phenoxy) is 1. The molecule has 31 heavy (non-hydrogen) atoms. The minimum Gasteiger partial charge on any atom is -0.457 e. The van der Waals surface area contributed by atoms with Crippen LogP contribution in [-0.2, 0) is 27.9 Å². The molecule has 0 aliphatic rings. The van der Waals surface area contributed by atoms with Crippen LogP contribution in [0.25, 0.3) is 10.9 Å². The lowest BCUT2D eigenvalue weighted by Gasteiger charge is -2.10. The number of fused-ring (bicyclic) bond motifs is 1. The van der Waals surface area contributed by atoms with Crippen LogP contribution in [0.15, 0.2) is 77.1 Å². The van der Waals surface area contributed by atoms with Crippen molar-refractivity contribution in [2.24, 2.45) is 0 Å². The number of aromatic nitrogens is 1. The van der Waals surface area contributed by atoms with Gasteiger partial charge < -0.3 is 4.74 Å². The number of thiophene rings is 1. The molecule has 2 heterocycles. The number of hydrogen-bond acceptors (Lipinski definition) is 6. The fourth-order valence-corrected chi connectivity index (χ4v) is 4.78. The molecular weight excluding hydrogens is 439 g/mol. The molecule has 0 amide bonds. The molecule has 0 saturated carbocycles. The second-order valence-electron chi connectivity index (χ2n) is 6.61. The van der Waals surface area contributed by atoms with Gasteiger partial charge in [0.1, 0.15) is 12.4 Å². The molecule has 0 spiro atoms. The van der Waals surface area contributed by atoms with Gasteiger partial charge in [0.25, 0.3) is 0 Å². The second-order valence-corrected chi connectivity index (χ2v) is 9.41. The maximum atomic E-state index is 13.9. The van der Waals surface area contributed by atoms with Crippen LogP contribution in [0.2, 0.25) is 0 Å². The van der Waals surface area contributed by atoms with Crippen LogP contribution < -0.4 is 4.72 Å². The van der Waals surface area contributed by atoms with Crippen molar-refractivity contribution in [3.63, 3.8) is 0 Å². The zero-order chi connectivity index (χ0) is 21.8. The van der Waals surface area contributed by atoms with Crippen LogP contribution in [0.3, 0.4) is 0 Å². The summed E-state index contributed by atoms with van der Waals surface area (Å²) >= 11 is 1.44. The fraction of sp³-hybridized carbons (Fsp3) is 0.0909. The average Bonchev–Trinajstić information content (AvgIpc) is 3.31. The van der Waals surface area contributed by atoms with E-state index in [0.717, 1.165) is 4.88 Å². The smallest absolute Gasteiger partial charge is 0.338 e. The predicted octanol–water partition coefficient (Wildman–Crippen LogP) is 4.27. The van der Waals surface area contributed by atoms with E-state index in [0.29, 0.717) is 16.5 Å². The largest absolute Gasteiger partial charge is 0.457 e. The number of nitrogens with zero attached hydrogens (tertiary/aromatic N) is 1. The van der Waals surface area contributed by atoms with Crippen molar-refractivity contribution in [3.8, 4) is 0 Å². The molecule has 0 saturated heterocycles. The predicted molar refractivity (Wildman–Crippen MR) is 116 cm³/mol. The van der Waals surface area contributed by atoms with Gasteiger partial charge in [0, 0.05) is 28.6 Å². The van der Waals surface area contributed by atoms with Crippen LogP contribution >= 0.6 is 11.3 Å². The molecule has 0 fully saturated rings. The van der Waals surface area contributed by atoms with E-state index in [1.54, 1.807) is 12.1 Å². The first kappa shape index (κ1) is 21.1. The highest BCUT2D eigenvalue weighted by molar-refractivity contribution is 7.89. The molecule has 158 valence electrons. The maximum absolute atomic E-state index is 13.9. The van der Waals surface area contributed by atoms with Gasteiger partial charge in [-0.25, -0.2) is 22.3 Å². The van der Waals surface area contributed by atoms with Crippen molar-refractivity contribution in [3.05, 3.63) is 94.1 Å². The Morgan fingerprint density at radius 1 is 1.10 bits per heavy atom. The van der Waals surface area contributed by atoms with Gasteiger partial charge in [-0.05, 0) is 47.8 Å². The quantitative estimate of drug-likeness (QED) is 0.420. The van der Waals surface area contributed by atoms with E-state index in [1.165, 1.54) is 53.9 Å². The fourth-order valence-electron chi connectivity index (χ4n) is 2.99. The number of rotatable bonds is 7. The maximum Gasteiger partial charge on any atom is 0.338 e. The number of carbonyl (C=O) groups excluding carboxylic acids is 1. The van der Waals surface area contributed by atoms with Crippen molar-refractivity contribution in [1.82, 2.24) is 9.71 Å². The minimum absolute atomic E-state index is 0.0348. The van der Waals surface area contributed by atoms with Crippen molar-refractivity contribution in [2.75, 3.05) is 0 Å². The molecule has 2 aromatic heterocycles. The van der Waals surface area contributed by atoms with Crippen LogP contribution in [0.1, 0.15) is 20.8 Å². The molecule has 0 radical (unpaired) electrons. The van der Waals surface area contributed by atoms with Crippen molar-refractivity contribution in [2.45, 2.75) is 18.0 Å². The Labute approximate surface area is 182 Å². The Morgan fingerprint density at radius 3 is 2.77 bits per heavy atom. The molecule has 0 aliphatic heterocycles. The van der Waals surface area contributed by atoms with Gasteiger partial charge in [-0.3, -0.25) is 4.98 Å². The average molecular weight is 457 g/mol. The minimum atomic E-state index is -3.80. The molecule has 0 bridgehead atoms. The lowest BCUT2D eigenvalue weighted by atomic mass is 10.1. The standard InChI is InChI=1S/C22H17FN2O4S2/c23-20-9-8-16(21-19(20)7-2-10-24-21)14-29-22(26)15-4-1-6-18(12-15)31(27,28)25-13-17-5-3-11-30-17/h1-12,25H,13-14H2. The molecule has 9 heteroatoms. The van der Waals surface area contributed by atoms with Crippen LogP contribution in [-0.4, -0.2) is 19.4 Å². The molecule has 4 rings (SSSR count). The summed E-state index contributed by atoms with van der Waals surface area (Å²) in [4.78, 5) is 17.5. The van der Waals surface area contributed by atoms with Crippen molar-refractivity contribution >= 4 is 38.2 Å². The highest BCUT2D eigenvalue weighted by atomic mass is 32.2. The van der Waals surface area contributed by atoms with Gasteiger partial charge in [-0.2, -0.15) is 0 Å². The number of halogens is 1. The normalized spacial score (nSPS) is 11.5. The van der Waals surface area contributed by atoms with E-state index in [4.69, 9.17) is 4.74 Å². The summed E-state index contributed by atoms with van der Waals surface area (Å²) in [6.07, 6.45) is 1.53. The Hall–Kier alpha value is -3.14. The first-order valence-electron chi connectivity index (χ1n) is 9.25. The van der Waals surface area contributed by atoms with E-state index >= 15 is 0 Å². The number of benzene rings is 2. The van der Waals surface area contributed by atoms with Gasteiger partial charge in [-0.1, -0.05) is 18.2 Å². The lowest BCUT2D eigenvalue weighted by molar-refractivity contribution is 0.0474. The van der Waals surface area contributed by atoms with Gasteiger partial charge >= 0.3 is 5.97 Å². The van der Waals surface area contributed by atoms with E-state index in [-0.39, 0.29) is 23.6 Å². The van der Waals surface area contributed by atoms with Crippen LogP contribution in [0.5, 0.6) is 0 Å². The molecule has 4 aromatic rings. The molecule has 2 aromatic carbocycles. The van der Waals surface area contributed by atoms with Gasteiger partial charge in [0.05, 0.1) is 16.0 Å². The number of pyridine rings is 1. The van der Waals surface area contributed by atoms with Gasteiger partial charge in [0.2, 0.25) is 10.0 Å². The second kappa shape index (κ2) is 8.93. The number of esters is 1. The van der Waals surface area contributed by atoms with E-state index in [2.05, 4.69) is 9.71 Å². The number of carbonyl (C=O) groups is 1. The summed E-state index contributed by atoms with van der Waals surface area (Å²) in [6.45, 7) is 0.0412. The third-order valence-electron chi connectivity index (χ3n) is 4.56. The number of sulfonamides is 1.